The minimum absolute atomic E-state index is 0.137. The lowest BCUT2D eigenvalue weighted by molar-refractivity contribution is -0.118. The van der Waals surface area contributed by atoms with Crippen LogP contribution in [0, 0.1) is 13.8 Å². The topological polar surface area (TPSA) is 64.6 Å². The summed E-state index contributed by atoms with van der Waals surface area (Å²) in [7, 11) is 1.53. The molecule has 0 aliphatic heterocycles. The average molecular weight is 327 g/mol. The van der Waals surface area contributed by atoms with Gasteiger partial charge in [-0.05, 0) is 44.5 Å². The van der Waals surface area contributed by atoms with Gasteiger partial charge in [0.15, 0.2) is 12.4 Å². The van der Waals surface area contributed by atoms with E-state index in [0.717, 1.165) is 16.8 Å². The molecule has 0 aliphatic rings. The molecule has 24 heavy (non-hydrogen) atoms. The Labute approximate surface area is 141 Å². The fourth-order valence-corrected chi connectivity index (χ4v) is 2.32. The largest absolute Gasteiger partial charge is 0.497 e. The second kappa shape index (κ2) is 7.64. The van der Waals surface area contributed by atoms with Gasteiger partial charge in [-0.3, -0.25) is 9.59 Å². The van der Waals surface area contributed by atoms with Crippen LogP contribution in [-0.2, 0) is 4.79 Å². The van der Waals surface area contributed by atoms with Crippen LogP contribution in [0.3, 0.4) is 0 Å². The van der Waals surface area contributed by atoms with Crippen LogP contribution in [0.4, 0.5) is 5.69 Å². The molecule has 2 aromatic rings. The van der Waals surface area contributed by atoms with Crippen LogP contribution in [-0.4, -0.2) is 25.4 Å². The molecule has 1 amide bonds. The zero-order valence-corrected chi connectivity index (χ0v) is 14.3. The first-order chi connectivity index (χ1) is 11.4. The third-order valence-electron chi connectivity index (χ3n) is 3.58. The predicted molar refractivity (Wildman–Crippen MR) is 93.0 cm³/mol. The molecule has 0 spiro atoms. The number of hydrogen-bond acceptors (Lipinski definition) is 4. The fraction of sp³-hybridized carbons (Fsp3) is 0.263. The summed E-state index contributed by atoms with van der Waals surface area (Å²) < 4.78 is 10.7. The molecule has 0 bridgehead atoms. The molecule has 0 saturated heterocycles. The minimum atomic E-state index is -0.292. The van der Waals surface area contributed by atoms with Gasteiger partial charge in [-0.1, -0.05) is 17.7 Å². The Kier molecular flexibility index (Phi) is 5.58. The van der Waals surface area contributed by atoms with Crippen LogP contribution in [0.15, 0.2) is 36.4 Å². The summed E-state index contributed by atoms with van der Waals surface area (Å²) in [6.45, 7) is 5.18. The molecule has 5 nitrogen and oxygen atoms in total. The van der Waals surface area contributed by atoms with Crippen molar-refractivity contribution in [3.63, 3.8) is 0 Å². The molecule has 0 heterocycles. The Hall–Kier alpha value is -2.82. The van der Waals surface area contributed by atoms with E-state index in [9.17, 15) is 9.59 Å². The third-order valence-corrected chi connectivity index (χ3v) is 3.58. The number of anilines is 1. The number of carbonyl (C=O) groups excluding carboxylic acids is 2. The number of amides is 1. The normalized spacial score (nSPS) is 10.2. The van der Waals surface area contributed by atoms with E-state index in [1.165, 1.54) is 14.0 Å². The van der Waals surface area contributed by atoms with Crippen LogP contribution in [0.5, 0.6) is 11.5 Å². The summed E-state index contributed by atoms with van der Waals surface area (Å²) in [5.74, 6) is 0.462. The number of ketones is 1. The SMILES string of the molecule is COc1ccc(C(C)=O)c(OCC(=O)Nc2ccc(C)cc2C)c1. The minimum Gasteiger partial charge on any atom is -0.497 e. The van der Waals surface area contributed by atoms with Crippen molar-refractivity contribution in [2.24, 2.45) is 0 Å². The average Bonchev–Trinajstić information content (AvgIpc) is 2.55. The second-order valence-electron chi connectivity index (χ2n) is 5.57. The molecule has 2 aromatic carbocycles. The molecule has 0 atom stereocenters. The zero-order valence-electron chi connectivity index (χ0n) is 14.3. The highest BCUT2D eigenvalue weighted by Crippen LogP contribution is 2.25. The summed E-state index contributed by atoms with van der Waals surface area (Å²) in [4.78, 5) is 23.8. The monoisotopic (exact) mass is 327 g/mol. The van der Waals surface area contributed by atoms with E-state index in [1.807, 2.05) is 32.0 Å². The Balaban J connectivity index is 2.07. The number of rotatable bonds is 6. The summed E-state index contributed by atoms with van der Waals surface area (Å²) in [6.07, 6.45) is 0. The maximum absolute atomic E-state index is 12.1. The van der Waals surface area contributed by atoms with E-state index in [1.54, 1.807) is 18.2 Å². The molecule has 5 heteroatoms. The molecule has 0 aromatic heterocycles. The smallest absolute Gasteiger partial charge is 0.262 e. The molecule has 1 N–H and O–H groups in total. The summed E-state index contributed by atoms with van der Waals surface area (Å²) in [5.41, 5.74) is 3.26. The highest BCUT2D eigenvalue weighted by molar-refractivity contribution is 5.97. The van der Waals surface area contributed by atoms with E-state index in [4.69, 9.17) is 9.47 Å². The molecule has 0 fully saturated rings. The lowest BCUT2D eigenvalue weighted by Gasteiger charge is -2.12. The van der Waals surface area contributed by atoms with Gasteiger partial charge in [0, 0.05) is 11.8 Å². The third kappa shape index (κ3) is 4.35. The van der Waals surface area contributed by atoms with E-state index in [-0.39, 0.29) is 18.3 Å². The van der Waals surface area contributed by atoms with Crippen molar-refractivity contribution in [3.05, 3.63) is 53.1 Å². The molecular formula is C19H21NO4. The van der Waals surface area contributed by atoms with Gasteiger partial charge >= 0.3 is 0 Å². The molecule has 126 valence electrons. The van der Waals surface area contributed by atoms with Gasteiger partial charge in [0.25, 0.3) is 5.91 Å². The highest BCUT2D eigenvalue weighted by atomic mass is 16.5. The van der Waals surface area contributed by atoms with Gasteiger partial charge in [-0.2, -0.15) is 0 Å². The summed E-state index contributed by atoms with van der Waals surface area (Å²) in [6, 6.07) is 10.7. The van der Waals surface area contributed by atoms with Gasteiger partial charge in [0.05, 0.1) is 12.7 Å². The number of hydrogen-bond donors (Lipinski definition) is 1. The van der Waals surface area contributed by atoms with Gasteiger partial charge in [0.1, 0.15) is 11.5 Å². The fourth-order valence-electron chi connectivity index (χ4n) is 2.32. The Morgan fingerprint density at radius 1 is 1.08 bits per heavy atom. The molecule has 2 rings (SSSR count). The first kappa shape index (κ1) is 17.5. The molecule has 0 radical (unpaired) electrons. The van der Waals surface area contributed by atoms with Gasteiger partial charge in [-0.15, -0.1) is 0 Å². The summed E-state index contributed by atoms with van der Waals surface area (Å²) >= 11 is 0. The Morgan fingerprint density at radius 2 is 1.83 bits per heavy atom. The van der Waals surface area contributed by atoms with Crippen LogP contribution in [0.1, 0.15) is 28.4 Å². The quantitative estimate of drug-likeness (QED) is 0.824. The van der Waals surface area contributed by atoms with Crippen LogP contribution in [0.2, 0.25) is 0 Å². The highest BCUT2D eigenvalue weighted by Gasteiger charge is 2.12. The van der Waals surface area contributed by atoms with Crippen molar-refractivity contribution in [1.29, 1.82) is 0 Å². The van der Waals surface area contributed by atoms with E-state index in [2.05, 4.69) is 5.32 Å². The van der Waals surface area contributed by atoms with Crippen LogP contribution < -0.4 is 14.8 Å². The first-order valence-electron chi connectivity index (χ1n) is 7.59. The zero-order chi connectivity index (χ0) is 17.7. The van der Waals surface area contributed by atoms with E-state index in [0.29, 0.717) is 17.1 Å². The Bertz CT molecular complexity index is 768. The second-order valence-corrected chi connectivity index (χ2v) is 5.57. The number of benzene rings is 2. The van der Waals surface area contributed by atoms with Crippen molar-refractivity contribution >= 4 is 17.4 Å². The number of Topliss-reactive ketones (excluding diaryl/α,β-unsaturated/α-hetero) is 1. The molecular weight excluding hydrogens is 306 g/mol. The molecule has 0 unspecified atom stereocenters. The maximum Gasteiger partial charge on any atom is 0.262 e. The van der Waals surface area contributed by atoms with Crippen LogP contribution >= 0.6 is 0 Å². The maximum atomic E-state index is 12.1. The number of aryl methyl sites for hydroxylation is 2. The van der Waals surface area contributed by atoms with Crippen molar-refractivity contribution in [1.82, 2.24) is 0 Å². The molecule has 0 aliphatic carbocycles. The van der Waals surface area contributed by atoms with Crippen molar-refractivity contribution < 1.29 is 19.1 Å². The van der Waals surface area contributed by atoms with Crippen molar-refractivity contribution in [2.45, 2.75) is 20.8 Å². The standard InChI is InChI=1S/C19H21NO4/c1-12-5-8-17(13(2)9-12)20-19(22)11-24-18-10-15(23-4)6-7-16(18)14(3)21/h5-10H,11H2,1-4H3,(H,20,22). The number of nitrogens with one attached hydrogen (secondary N) is 1. The number of methoxy groups -OCH3 is 1. The van der Waals surface area contributed by atoms with Crippen molar-refractivity contribution in [2.75, 3.05) is 19.0 Å². The van der Waals surface area contributed by atoms with Crippen molar-refractivity contribution in [3.8, 4) is 11.5 Å². The van der Waals surface area contributed by atoms with E-state index >= 15 is 0 Å². The predicted octanol–water partition coefficient (Wildman–Crippen LogP) is 3.53. The lowest BCUT2D eigenvalue weighted by Crippen LogP contribution is -2.21. The first-order valence-corrected chi connectivity index (χ1v) is 7.59. The summed E-state index contributed by atoms with van der Waals surface area (Å²) in [5, 5.41) is 2.80. The van der Waals surface area contributed by atoms with Gasteiger partial charge < -0.3 is 14.8 Å². The van der Waals surface area contributed by atoms with Gasteiger partial charge in [0.2, 0.25) is 0 Å². The van der Waals surface area contributed by atoms with E-state index < -0.39 is 0 Å². The van der Waals surface area contributed by atoms with Gasteiger partial charge in [-0.25, -0.2) is 0 Å². The Morgan fingerprint density at radius 3 is 2.46 bits per heavy atom. The lowest BCUT2D eigenvalue weighted by atomic mass is 10.1. The number of ether oxygens (including phenoxy) is 2. The molecule has 0 saturated carbocycles. The number of carbonyl (C=O) groups is 2. The van der Waals surface area contributed by atoms with Crippen LogP contribution in [0.25, 0.3) is 0 Å².